The van der Waals surface area contributed by atoms with Crippen LogP contribution in [0.25, 0.3) is 22.0 Å². The Kier molecular flexibility index (Phi) is 4.69. The molecule has 1 heterocycles. The van der Waals surface area contributed by atoms with Gasteiger partial charge in [-0.15, -0.1) is 0 Å². The maximum absolute atomic E-state index is 10.6. The second-order valence-electron chi connectivity index (χ2n) is 9.11. The minimum atomic E-state index is -0.478. The van der Waals surface area contributed by atoms with Crippen molar-refractivity contribution < 1.29 is 5.11 Å². The number of anilines is 1. The topological polar surface area (TPSA) is 58.0 Å². The van der Waals surface area contributed by atoms with Gasteiger partial charge in [-0.25, -0.2) is 9.97 Å². The van der Waals surface area contributed by atoms with Crippen LogP contribution in [-0.2, 0) is 19.3 Å². The minimum absolute atomic E-state index is 0.188. The van der Waals surface area contributed by atoms with E-state index in [1.54, 1.807) is 0 Å². The van der Waals surface area contributed by atoms with Crippen LogP contribution in [0.5, 0.6) is 0 Å². The standard InChI is InChI=1S/C28H27N3O/c1-17-21-14-13-20(23-12-6-9-18-7-2-4-10-22(18)23)15-25(21)30-28(29-17)31-27-24-11-5-3-8-19(24)16-26(27)32/h3,5-6,8-9,11-15,26-27,32H,2,4,7,10,16H2,1H3,(H,29,30,31)/t26-,27+/m1/s1. The lowest BCUT2D eigenvalue weighted by molar-refractivity contribution is 0.165. The van der Waals surface area contributed by atoms with E-state index in [9.17, 15) is 5.11 Å². The zero-order valence-corrected chi connectivity index (χ0v) is 18.3. The van der Waals surface area contributed by atoms with Gasteiger partial charge in [0, 0.05) is 11.8 Å². The van der Waals surface area contributed by atoms with Crippen molar-refractivity contribution >= 4 is 16.9 Å². The van der Waals surface area contributed by atoms with Gasteiger partial charge in [-0.2, -0.15) is 0 Å². The van der Waals surface area contributed by atoms with Gasteiger partial charge in [-0.05, 0) is 72.1 Å². The Morgan fingerprint density at radius 1 is 0.906 bits per heavy atom. The van der Waals surface area contributed by atoms with Gasteiger partial charge in [-0.3, -0.25) is 0 Å². The molecule has 0 unspecified atom stereocenters. The van der Waals surface area contributed by atoms with E-state index in [2.05, 4.69) is 53.8 Å². The Labute approximate surface area is 188 Å². The molecule has 4 aromatic rings. The fourth-order valence-corrected chi connectivity index (χ4v) is 5.46. The third-order valence-corrected chi connectivity index (χ3v) is 7.08. The van der Waals surface area contributed by atoms with Gasteiger partial charge in [0.1, 0.15) is 0 Å². The molecule has 3 aromatic carbocycles. The number of aliphatic hydroxyl groups excluding tert-OH is 1. The van der Waals surface area contributed by atoms with E-state index in [4.69, 9.17) is 9.97 Å². The number of nitrogens with zero attached hydrogens (tertiary/aromatic N) is 2. The number of rotatable bonds is 3. The fraction of sp³-hybridized carbons (Fsp3) is 0.286. The van der Waals surface area contributed by atoms with E-state index < -0.39 is 6.10 Å². The first kappa shape index (κ1) is 19.4. The molecule has 0 saturated heterocycles. The SMILES string of the molecule is Cc1nc(N[C@H]2c3ccccc3C[C@H]2O)nc2cc(-c3cccc4c3CCCC4)ccc12. The molecule has 0 spiro atoms. The lowest BCUT2D eigenvalue weighted by atomic mass is 9.86. The van der Waals surface area contributed by atoms with Crippen molar-refractivity contribution in [3.05, 3.63) is 88.6 Å². The van der Waals surface area contributed by atoms with Crippen molar-refractivity contribution in [3.63, 3.8) is 0 Å². The van der Waals surface area contributed by atoms with E-state index in [-0.39, 0.29) is 6.04 Å². The summed E-state index contributed by atoms with van der Waals surface area (Å²) in [6, 6.07) is 21.2. The van der Waals surface area contributed by atoms with Crippen LogP contribution in [0.4, 0.5) is 5.95 Å². The molecule has 0 radical (unpaired) electrons. The molecule has 2 aliphatic rings. The van der Waals surface area contributed by atoms with Crippen molar-refractivity contribution in [2.75, 3.05) is 5.32 Å². The molecule has 0 bridgehead atoms. The lowest BCUT2D eigenvalue weighted by Crippen LogP contribution is -2.22. The van der Waals surface area contributed by atoms with Gasteiger partial charge in [0.05, 0.1) is 23.4 Å². The van der Waals surface area contributed by atoms with Crippen LogP contribution >= 0.6 is 0 Å². The van der Waals surface area contributed by atoms with Crippen LogP contribution in [0.1, 0.15) is 46.8 Å². The van der Waals surface area contributed by atoms with Gasteiger partial charge in [-0.1, -0.05) is 54.6 Å². The highest BCUT2D eigenvalue weighted by Gasteiger charge is 2.31. The number of aliphatic hydroxyl groups is 1. The van der Waals surface area contributed by atoms with E-state index in [0.717, 1.165) is 28.6 Å². The van der Waals surface area contributed by atoms with Crippen molar-refractivity contribution in [1.82, 2.24) is 9.97 Å². The van der Waals surface area contributed by atoms with Crippen LogP contribution in [0.15, 0.2) is 60.7 Å². The van der Waals surface area contributed by atoms with Crippen LogP contribution < -0.4 is 5.32 Å². The van der Waals surface area contributed by atoms with Gasteiger partial charge in [0.2, 0.25) is 5.95 Å². The maximum atomic E-state index is 10.6. The number of fused-ring (bicyclic) bond motifs is 3. The summed E-state index contributed by atoms with van der Waals surface area (Å²) in [6.45, 7) is 2.03. The van der Waals surface area contributed by atoms with Crippen LogP contribution in [0, 0.1) is 6.92 Å². The Bertz CT molecular complexity index is 1330. The number of benzene rings is 3. The summed E-state index contributed by atoms with van der Waals surface area (Å²) in [5.74, 6) is 0.572. The molecule has 2 aliphatic carbocycles. The molecule has 0 saturated carbocycles. The predicted molar refractivity (Wildman–Crippen MR) is 129 cm³/mol. The number of hydrogen-bond acceptors (Lipinski definition) is 4. The molecule has 0 fully saturated rings. The second kappa shape index (κ2) is 7.72. The number of aromatic nitrogens is 2. The first-order valence-electron chi connectivity index (χ1n) is 11.6. The number of hydrogen-bond donors (Lipinski definition) is 2. The molecule has 4 heteroatoms. The van der Waals surface area contributed by atoms with Gasteiger partial charge in [0.15, 0.2) is 0 Å². The molecule has 160 valence electrons. The maximum Gasteiger partial charge on any atom is 0.224 e. The summed E-state index contributed by atoms with van der Waals surface area (Å²) in [4.78, 5) is 9.58. The molecule has 1 aromatic heterocycles. The Morgan fingerprint density at radius 2 is 1.75 bits per heavy atom. The first-order valence-corrected chi connectivity index (χ1v) is 11.6. The van der Waals surface area contributed by atoms with E-state index >= 15 is 0 Å². The largest absolute Gasteiger partial charge is 0.390 e. The number of aryl methyl sites for hydroxylation is 2. The minimum Gasteiger partial charge on any atom is -0.390 e. The second-order valence-corrected chi connectivity index (χ2v) is 9.11. The Hall–Kier alpha value is -3.24. The van der Waals surface area contributed by atoms with Crippen molar-refractivity contribution in [3.8, 4) is 11.1 Å². The van der Waals surface area contributed by atoms with E-state index in [1.165, 1.54) is 47.1 Å². The summed E-state index contributed by atoms with van der Waals surface area (Å²) < 4.78 is 0. The number of nitrogens with one attached hydrogen (secondary N) is 1. The molecule has 2 atom stereocenters. The zero-order chi connectivity index (χ0) is 21.7. The monoisotopic (exact) mass is 421 g/mol. The highest BCUT2D eigenvalue weighted by atomic mass is 16.3. The molecule has 2 N–H and O–H groups in total. The van der Waals surface area contributed by atoms with Crippen molar-refractivity contribution in [1.29, 1.82) is 0 Å². The highest BCUT2D eigenvalue weighted by molar-refractivity contribution is 5.87. The first-order chi connectivity index (χ1) is 15.7. The van der Waals surface area contributed by atoms with Gasteiger partial charge in [0.25, 0.3) is 0 Å². The molecule has 32 heavy (non-hydrogen) atoms. The molecular formula is C28H27N3O. The molecule has 6 rings (SSSR count). The Morgan fingerprint density at radius 3 is 2.69 bits per heavy atom. The highest BCUT2D eigenvalue weighted by Crippen LogP contribution is 2.35. The van der Waals surface area contributed by atoms with Crippen LogP contribution in [0.3, 0.4) is 0 Å². The summed E-state index contributed by atoms with van der Waals surface area (Å²) in [5.41, 5.74) is 9.72. The van der Waals surface area contributed by atoms with Crippen LogP contribution in [-0.4, -0.2) is 21.2 Å². The summed E-state index contributed by atoms with van der Waals surface area (Å²) >= 11 is 0. The zero-order valence-electron chi connectivity index (χ0n) is 18.3. The molecular weight excluding hydrogens is 394 g/mol. The van der Waals surface area contributed by atoms with E-state index in [1.807, 2.05) is 19.1 Å². The fourth-order valence-electron chi connectivity index (χ4n) is 5.46. The summed E-state index contributed by atoms with van der Waals surface area (Å²) in [6.07, 6.45) is 5.05. The lowest BCUT2D eigenvalue weighted by Gasteiger charge is -2.20. The quantitative estimate of drug-likeness (QED) is 0.455. The molecule has 0 aliphatic heterocycles. The summed E-state index contributed by atoms with van der Waals surface area (Å²) in [7, 11) is 0. The molecule has 0 amide bonds. The Balaban J connectivity index is 1.40. The third-order valence-electron chi connectivity index (χ3n) is 7.08. The third kappa shape index (κ3) is 3.26. The van der Waals surface area contributed by atoms with Crippen molar-refractivity contribution in [2.24, 2.45) is 0 Å². The molecule has 4 nitrogen and oxygen atoms in total. The van der Waals surface area contributed by atoms with Gasteiger partial charge < -0.3 is 10.4 Å². The average molecular weight is 422 g/mol. The van der Waals surface area contributed by atoms with Crippen molar-refractivity contribution in [2.45, 2.75) is 51.2 Å². The van der Waals surface area contributed by atoms with Crippen LogP contribution in [0.2, 0.25) is 0 Å². The predicted octanol–water partition coefficient (Wildman–Crippen LogP) is 5.55. The average Bonchev–Trinajstić information content (AvgIpc) is 3.13. The smallest absolute Gasteiger partial charge is 0.224 e. The van der Waals surface area contributed by atoms with Gasteiger partial charge >= 0.3 is 0 Å². The summed E-state index contributed by atoms with van der Waals surface area (Å²) in [5, 5.41) is 15.1. The van der Waals surface area contributed by atoms with E-state index in [0.29, 0.717) is 12.4 Å². The normalized spacial score (nSPS) is 19.6.